The molecule has 1 amide bonds. The number of hydrogen-bond acceptors (Lipinski definition) is 7. The molecule has 6 rings (SSSR count). The molecule has 3 aromatic rings. The van der Waals surface area contributed by atoms with Crippen LogP contribution in [0.5, 0.6) is 0 Å². The van der Waals surface area contributed by atoms with Crippen LogP contribution < -0.4 is 0 Å². The average molecular weight is 522 g/mol. The number of nitrogens with zero attached hydrogens (tertiary/aromatic N) is 3. The molecular formula is C27H27N3O6S. The minimum Gasteiger partial charge on any atom is -0.467 e. The SMILES string of the molecule is O=C(c1ccc(S(=O)(=O)N2CCOCC2)cc1)N1N=C2/C(=C/c3ccco3)CCCC2C1c1ccco1. The van der Waals surface area contributed by atoms with E-state index in [0.717, 1.165) is 36.3 Å². The summed E-state index contributed by atoms with van der Waals surface area (Å²) >= 11 is 0. The zero-order valence-corrected chi connectivity index (χ0v) is 21.0. The molecule has 10 heteroatoms. The van der Waals surface area contributed by atoms with E-state index in [1.54, 1.807) is 24.7 Å². The molecule has 1 aromatic carbocycles. The van der Waals surface area contributed by atoms with E-state index < -0.39 is 10.0 Å². The molecule has 0 N–H and O–H groups in total. The lowest BCUT2D eigenvalue weighted by atomic mass is 9.79. The van der Waals surface area contributed by atoms with Crippen LogP contribution in [0.1, 0.15) is 47.2 Å². The Bertz CT molecular complexity index is 1420. The monoisotopic (exact) mass is 521 g/mol. The fourth-order valence-corrected chi connectivity index (χ4v) is 6.70. The second-order valence-electron chi connectivity index (χ2n) is 9.32. The zero-order valence-electron chi connectivity index (χ0n) is 20.2. The second kappa shape index (κ2) is 9.77. The number of rotatable bonds is 5. The summed E-state index contributed by atoms with van der Waals surface area (Å²) in [6.07, 6.45) is 7.90. The maximum Gasteiger partial charge on any atom is 0.274 e. The highest BCUT2D eigenvalue weighted by Gasteiger charge is 2.45. The molecule has 2 atom stereocenters. The fraction of sp³-hybridized carbons (Fsp3) is 0.333. The molecule has 192 valence electrons. The molecule has 37 heavy (non-hydrogen) atoms. The van der Waals surface area contributed by atoms with Gasteiger partial charge in [-0.15, -0.1) is 0 Å². The van der Waals surface area contributed by atoms with Gasteiger partial charge in [0.05, 0.1) is 36.3 Å². The minimum absolute atomic E-state index is 0.00830. The molecule has 2 aromatic heterocycles. The number of hydrogen-bond donors (Lipinski definition) is 0. The van der Waals surface area contributed by atoms with Gasteiger partial charge in [-0.2, -0.15) is 9.41 Å². The lowest BCUT2D eigenvalue weighted by Crippen LogP contribution is -2.40. The maximum absolute atomic E-state index is 13.7. The topological polar surface area (TPSA) is 106 Å². The van der Waals surface area contributed by atoms with Crippen LogP contribution in [0.2, 0.25) is 0 Å². The van der Waals surface area contributed by atoms with Gasteiger partial charge in [-0.1, -0.05) is 0 Å². The van der Waals surface area contributed by atoms with Crippen LogP contribution in [-0.2, 0) is 14.8 Å². The van der Waals surface area contributed by atoms with Crippen LogP contribution in [-0.4, -0.2) is 55.7 Å². The van der Waals surface area contributed by atoms with Crippen molar-refractivity contribution in [2.45, 2.75) is 30.2 Å². The third-order valence-electron chi connectivity index (χ3n) is 7.11. The van der Waals surface area contributed by atoms with Gasteiger partial charge in [0.25, 0.3) is 5.91 Å². The van der Waals surface area contributed by atoms with E-state index in [9.17, 15) is 13.2 Å². The van der Waals surface area contributed by atoms with Gasteiger partial charge >= 0.3 is 0 Å². The highest BCUT2D eigenvalue weighted by Crippen LogP contribution is 2.45. The quantitative estimate of drug-likeness (QED) is 0.495. The number of morpholine rings is 1. The van der Waals surface area contributed by atoms with E-state index in [1.807, 2.05) is 30.3 Å². The summed E-state index contributed by atoms with van der Waals surface area (Å²) in [6.45, 7) is 1.37. The van der Waals surface area contributed by atoms with Crippen LogP contribution in [0.25, 0.3) is 6.08 Å². The summed E-state index contributed by atoms with van der Waals surface area (Å²) in [5.41, 5.74) is 2.27. The van der Waals surface area contributed by atoms with Crippen LogP contribution in [0.3, 0.4) is 0 Å². The predicted molar refractivity (Wildman–Crippen MR) is 135 cm³/mol. The number of sulfonamides is 1. The largest absolute Gasteiger partial charge is 0.467 e. The van der Waals surface area contributed by atoms with Crippen molar-refractivity contribution in [1.29, 1.82) is 0 Å². The Morgan fingerprint density at radius 3 is 2.46 bits per heavy atom. The van der Waals surface area contributed by atoms with Crippen LogP contribution >= 0.6 is 0 Å². The number of hydrazone groups is 1. The Kier molecular flexibility index (Phi) is 6.31. The molecule has 4 heterocycles. The predicted octanol–water partition coefficient (Wildman–Crippen LogP) is 4.33. The normalized spacial score (nSPS) is 23.7. The highest BCUT2D eigenvalue weighted by molar-refractivity contribution is 7.89. The number of amides is 1. The first-order valence-electron chi connectivity index (χ1n) is 12.4. The lowest BCUT2D eigenvalue weighted by molar-refractivity contribution is 0.0656. The number of ether oxygens (including phenoxy) is 1. The van der Waals surface area contributed by atoms with E-state index in [2.05, 4.69) is 0 Å². The first kappa shape index (κ1) is 23.9. The van der Waals surface area contributed by atoms with Crippen molar-refractivity contribution in [3.8, 4) is 0 Å². The fourth-order valence-electron chi connectivity index (χ4n) is 5.29. The Hall–Kier alpha value is -3.47. The van der Waals surface area contributed by atoms with E-state index in [4.69, 9.17) is 18.7 Å². The summed E-state index contributed by atoms with van der Waals surface area (Å²) < 4.78 is 43.9. The van der Waals surface area contributed by atoms with Crippen molar-refractivity contribution in [2.75, 3.05) is 26.3 Å². The molecule has 0 bridgehead atoms. The van der Waals surface area contributed by atoms with Crippen molar-refractivity contribution < 1.29 is 26.8 Å². The number of carbonyl (C=O) groups excluding carboxylic acids is 1. The van der Waals surface area contributed by atoms with Gasteiger partial charge in [-0.25, -0.2) is 13.4 Å². The highest BCUT2D eigenvalue weighted by atomic mass is 32.2. The standard InChI is InChI=1S/C27H27N3O6S/c31-27(19-8-10-22(11-9-19)37(32,33)29-12-16-34-17-13-29)30-26(24-7-3-15-36-24)23-6-1-4-20(25(23)28-30)18-21-5-2-14-35-21/h2-3,5,7-11,14-15,18,23,26H,1,4,6,12-13,16-17H2/b20-18+. The average Bonchev–Trinajstić information content (AvgIpc) is 3.70. The first-order valence-corrected chi connectivity index (χ1v) is 13.8. The van der Waals surface area contributed by atoms with E-state index in [0.29, 0.717) is 37.6 Å². The van der Waals surface area contributed by atoms with E-state index in [-0.39, 0.29) is 22.8 Å². The summed E-state index contributed by atoms with van der Waals surface area (Å²) in [7, 11) is -3.65. The third-order valence-corrected chi connectivity index (χ3v) is 9.03. The van der Waals surface area contributed by atoms with Gasteiger partial charge < -0.3 is 13.6 Å². The molecule has 0 spiro atoms. The molecule has 3 aliphatic rings. The van der Waals surface area contributed by atoms with Gasteiger partial charge in [-0.05, 0) is 79.4 Å². The Morgan fingerprint density at radius 2 is 1.76 bits per heavy atom. The van der Waals surface area contributed by atoms with Gasteiger partial charge in [-0.3, -0.25) is 4.79 Å². The van der Waals surface area contributed by atoms with Crippen molar-refractivity contribution >= 4 is 27.7 Å². The Morgan fingerprint density at radius 1 is 1.00 bits per heavy atom. The summed E-state index contributed by atoms with van der Waals surface area (Å²) in [4.78, 5) is 13.9. The number of carbonyl (C=O) groups is 1. The number of benzene rings is 1. The molecule has 1 saturated heterocycles. The molecule has 9 nitrogen and oxygen atoms in total. The number of fused-ring (bicyclic) bond motifs is 1. The molecule has 1 saturated carbocycles. The second-order valence-corrected chi connectivity index (χ2v) is 11.3. The van der Waals surface area contributed by atoms with Gasteiger partial charge in [0.1, 0.15) is 17.6 Å². The number of allylic oxidation sites excluding steroid dienone is 1. The summed E-state index contributed by atoms with van der Waals surface area (Å²) in [5.74, 6) is 1.10. The number of furan rings is 2. The smallest absolute Gasteiger partial charge is 0.274 e. The Balaban J connectivity index is 1.32. The lowest BCUT2D eigenvalue weighted by Gasteiger charge is -2.28. The molecule has 2 fully saturated rings. The van der Waals surface area contributed by atoms with Crippen molar-refractivity contribution in [3.63, 3.8) is 0 Å². The van der Waals surface area contributed by atoms with Crippen molar-refractivity contribution in [2.24, 2.45) is 11.0 Å². The molecule has 2 aliphatic heterocycles. The molecule has 1 aliphatic carbocycles. The Labute approximate surface area is 215 Å². The minimum atomic E-state index is -3.65. The van der Waals surface area contributed by atoms with E-state index in [1.165, 1.54) is 21.4 Å². The van der Waals surface area contributed by atoms with Gasteiger partial charge in [0.15, 0.2) is 0 Å². The van der Waals surface area contributed by atoms with Crippen molar-refractivity contribution in [1.82, 2.24) is 9.31 Å². The van der Waals surface area contributed by atoms with Crippen LogP contribution in [0.4, 0.5) is 0 Å². The summed E-state index contributed by atoms with van der Waals surface area (Å²) in [5, 5.41) is 6.31. The summed E-state index contributed by atoms with van der Waals surface area (Å²) in [6, 6.07) is 13.1. The first-order chi connectivity index (χ1) is 18.0. The molecule has 0 radical (unpaired) electrons. The van der Waals surface area contributed by atoms with E-state index >= 15 is 0 Å². The van der Waals surface area contributed by atoms with Crippen LogP contribution in [0, 0.1) is 5.92 Å². The zero-order chi connectivity index (χ0) is 25.4. The van der Waals surface area contributed by atoms with Gasteiger partial charge in [0.2, 0.25) is 10.0 Å². The van der Waals surface area contributed by atoms with Crippen molar-refractivity contribution in [3.05, 3.63) is 83.7 Å². The molecule has 2 unspecified atom stereocenters. The molecular weight excluding hydrogens is 494 g/mol. The third kappa shape index (κ3) is 4.45. The maximum atomic E-state index is 13.7. The van der Waals surface area contributed by atoms with Gasteiger partial charge in [0, 0.05) is 24.6 Å². The van der Waals surface area contributed by atoms with Crippen LogP contribution in [0.15, 0.2) is 85.5 Å².